The van der Waals surface area contributed by atoms with E-state index in [0.29, 0.717) is 38.4 Å². The summed E-state index contributed by atoms with van der Waals surface area (Å²) in [7, 11) is 0. The van der Waals surface area contributed by atoms with E-state index in [1.807, 2.05) is 37.5 Å². The molecule has 9 heteroatoms. The minimum Gasteiger partial charge on any atom is -0.490 e. The van der Waals surface area contributed by atoms with E-state index in [0.717, 1.165) is 19.3 Å². The predicted molar refractivity (Wildman–Crippen MR) is 159 cm³/mol. The van der Waals surface area contributed by atoms with Gasteiger partial charge in [-0.3, -0.25) is 29.0 Å². The van der Waals surface area contributed by atoms with E-state index in [-0.39, 0.29) is 47.0 Å². The number of hydrogen-bond acceptors (Lipinski definition) is 7. The molecule has 1 fully saturated rings. The van der Waals surface area contributed by atoms with Gasteiger partial charge in [0.25, 0.3) is 0 Å². The van der Waals surface area contributed by atoms with E-state index in [2.05, 4.69) is 12.2 Å². The van der Waals surface area contributed by atoms with Gasteiger partial charge in [-0.1, -0.05) is 73.1 Å². The Morgan fingerprint density at radius 1 is 1.00 bits per heavy atom. The summed E-state index contributed by atoms with van der Waals surface area (Å²) >= 11 is 6.75. The van der Waals surface area contributed by atoms with Crippen LogP contribution in [-0.2, 0) is 23.9 Å². The maximum atomic E-state index is 13.6. The molecule has 1 N–H and O–H groups in total. The van der Waals surface area contributed by atoms with Gasteiger partial charge in [-0.25, -0.2) is 0 Å². The standard InChI is InChI=1S/C31H50ClN3O5/c1-7-10-11-12-13-14-15-23(32)24(8-2)33-30(39)28(29(38)31(4,5)6)35-17-16-34(21-35)20-22-18-26(37)27(40-9-3)19-25(22)36/h18-19,23-24,28H,7-17,20-21H2,1-6H3,(H,33,39). The Morgan fingerprint density at radius 3 is 2.30 bits per heavy atom. The molecule has 0 aromatic carbocycles. The molecule has 1 amide bonds. The molecule has 0 aromatic rings. The number of nitrogens with one attached hydrogen (secondary N) is 1. The first-order valence-electron chi connectivity index (χ1n) is 15.0. The summed E-state index contributed by atoms with van der Waals surface area (Å²) in [5, 5.41) is 2.90. The Bertz CT molecular complexity index is 955. The second kappa shape index (κ2) is 16.4. The number of carbonyl (C=O) groups is 4. The number of Topliss-reactive ketones (excluding diaryl/α,β-unsaturated/α-hetero) is 1. The van der Waals surface area contributed by atoms with Crippen LogP contribution in [0.5, 0.6) is 0 Å². The molecular formula is C31H50ClN3O5. The average Bonchev–Trinajstić information content (AvgIpc) is 3.34. The maximum Gasteiger partial charge on any atom is 0.245 e. The topological polar surface area (TPSA) is 96.0 Å². The average molecular weight is 580 g/mol. The molecule has 226 valence electrons. The van der Waals surface area contributed by atoms with Crippen LogP contribution in [0, 0.1) is 5.41 Å². The smallest absolute Gasteiger partial charge is 0.245 e. The molecule has 0 bridgehead atoms. The lowest BCUT2D eigenvalue weighted by Crippen LogP contribution is -2.57. The van der Waals surface area contributed by atoms with E-state index in [1.54, 1.807) is 6.92 Å². The predicted octanol–water partition coefficient (Wildman–Crippen LogP) is 4.80. The number of ether oxygens (including phenoxy) is 1. The second-order valence-corrected chi connectivity index (χ2v) is 12.5. The van der Waals surface area contributed by atoms with Gasteiger partial charge in [0.2, 0.25) is 11.7 Å². The largest absolute Gasteiger partial charge is 0.490 e. The molecule has 0 radical (unpaired) electrons. The van der Waals surface area contributed by atoms with Crippen LogP contribution in [0.2, 0.25) is 0 Å². The number of rotatable bonds is 17. The number of alkyl halides is 1. The molecule has 0 aromatic heterocycles. The Labute approximate surface area is 245 Å². The fourth-order valence-electron chi connectivity index (χ4n) is 5.12. The van der Waals surface area contributed by atoms with Crippen LogP contribution in [0.25, 0.3) is 0 Å². The fourth-order valence-corrected chi connectivity index (χ4v) is 5.51. The summed E-state index contributed by atoms with van der Waals surface area (Å²) in [6, 6.07) is -1.18. The Morgan fingerprint density at radius 2 is 1.68 bits per heavy atom. The van der Waals surface area contributed by atoms with Crippen molar-refractivity contribution in [2.24, 2.45) is 5.41 Å². The van der Waals surface area contributed by atoms with Gasteiger partial charge >= 0.3 is 0 Å². The minimum absolute atomic E-state index is 0.0615. The maximum absolute atomic E-state index is 13.6. The van der Waals surface area contributed by atoms with Crippen molar-refractivity contribution >= 4 is 34.9 Å². The molecule has 1 saturated heterocycles. The number of amides is 1. The Balaban J connectivity index is 2.05. The molecular weight excluding hydrogens is 530 g/mol. The van der Waals surface area contributed by atoms with Gasteiger partial charge in [0.05, 0.1) is 18.7 Å². The summed E-state index contributed by atoms with van der Waals surface area (Å²) in [5.74, 6) is -1.00. The normalized spacial score (nSPS) is 19.2. The van der Waals surface area contributed by atoms with Crippen LogP contribution in [-0.4, -0.2) is 83.4 Å². The van der Waals surface area contributed by atoms with Crippen LogP contribution >= 0.6 is 11.6 Å². The highest BCUT2D eigenvalue weighted by Gasteiger charge is 2.42. The van der Waals surface area contributed by atoms with E-state index in [1.165, 1.54) is 37.8 Å². The van der Waals surface area contributed by atoms with Crippen molar-refractivity contribution in [2.75, 3.05) is 32.9 Å². The van der Waals surface area contributed by atoms with Gasteiger partial charge in [0.15, 0.2) is 23.4 Å². The third-order valence-electron chi connectivity index (χ3n) is 7.54. The first-order valence-corrected chi connectivity index (χ1v) is 15.4. The van der Waals surface area contributed by atoms with Crippen LogP contribution in [0.1, 0.15) is 92.9 Å². The molecule has 2 aliphatic rings. The van der Waals surface area contributed by atoms with Crippen molar-refractivity contribution in [3.63, 3.8) is 0 Å². The Kier molecular flexibility index (Phi) is 14.0. The first-order chi connectivity index (χ1) is 18.9. The van der Waals surface area contributed by atoms with Gasteiger partial charge < -0.3 is 10.1 Å². The zero-order valence-electron chi connectivity index (χ0n) is 25.4. The molecule has 1 heterocycles. The lowest BCUT2D eigenvalue weighted by molar-refractivity contribution is -0.141. The summed E-state index contributed by atoms with van der Waals surface area (Å²) in [4.78, 5) is 55.9. The van der Waals surface area contributed by atoms with Gasteiger partial charge in [-0.15, -0.1) is 11.6 Å². The lowest BCUT2D eigenvalue weighted by atomic mass is 9.85. The van der Waals surface area contributed by atoms with Gasteiger partial charge in [-0.05, 0) is 25.8 Å². The lowest BCUT2D eigenvalue weighted by Gasteiger charge is -2.33. The number of halogens is 1. The third-order valence-corrected chi connectivity index (χ3v) is 8.07. The summed E-state index contributed by atoms with van der Waals surface area (Å²) in [5.41, 5.74) is -0.339. The summed E-state index contributed by atoms with van der Waals surface area (Å²) in [6.07, 6.45) is 11.2. The molecule has 3 unspecified atom stereocenters. The van der Waals surface area contributed by atoms with Crippen LogP contribution in [0.3, 0.4) is 0 Å². The van der Waals surface area contributed by atoms with Crippen molar-refractivity contribution in [3.05, 3.63) is 23.5 Å². The van der Waals surface area contributed by atoms with Crippen molar-refractivity contribution in [2.45, 2.75) is 110 Å². The SMILES string of the molecule is CCCCCCCCC(Cl)C(CC)NC(=O)C(C(=O)C(C)(C)C)N1CCN(CC2=CC(=O)C(OCC)=CC2=O)C1. The third kappa shape index (κ3) is 10.1. The van der Waals surface area contributed by atoms with Gasteiger partial charge in [0, 0.05) is 42.7 Å². The quantitative estimate of drug-likeness (QED) is 0.114. The fraction of sp³-hybridized carbons (Fsp3) is 0.742. The van der Waals surface area contributed by atoms with Gasteiger partial charge in [-0.2, -0.15) is 0 Å². The van der Waals surface area contributed by atoms with Crippen LogP contribution in [0.15, 0.2) is 23.5 Å². The summed E-state index contributed by atoms with van der Waals surface area (Å²) < 4.78 is 5.25. The highest BCUT2D eigenvalue weighted by atomic mass is 35.5. The molecule has 3 atom stereocenters. The van der Waals surface area contributed by atoms with Gasteiger partial charge in [0.1, 0.15) is 0 Å². The van der Waals surface area contributed by atoms with Crippen molar-refractivity contribution in [1.29, 1.82) is 0 Å². The van der Waals surface area contributed by atoms with Crippen LogP contribution in [0.4, 0.5) is 0 Å². The first kappa shape index (κ1) is 34.2. The van der Waals surface area contributed by atoms with E-state index in [4.69, 9.17) is 16.3 Å². The molecule has 0 spiro atoms. The van der Waals surface area contributed by atoms with Crippen molar-refractivity contribution in [3.8, 4) is 0 Å². The number of nitrogens with zero attached hydrogens (tertiary/aromatic N) is 2. The van der Waals surface area contributed by atoms with E-state index < -0.39 is 11.5 Å². The van der Waals surface area contributed by atoms with E-state index in [9.17, 15) is 19.2 Å². The van der Waals surface area contributed by atoms with Crippen molar-refractivity contribution in [1.82, 2.24) is 15.1 Å². The molecule has 0 saturated carbocycles. The number of hydrogen-bond donors (Lipinski definition) is 1. The highest BCUT2D eigenvalue weighted by Crippen LogP contribution is 2.24. The minimum atomic E-state index is -0.959. The highest BCUT2D eigenvalue weighted by molar-refractivity contribution is 6.21. The number of allylic oxidation sites excluding steroid dienone is 2. The molecule has 40 heavy (non-hydrogen) atoms. The Hall–Kier alpha value is -2.03. The zero-order chi connectivity index (χ0) is 29.9. The van der Waals surface area contributed by atoms with E-state index >= 15 is 0 Å². The molecule has 8 nitrogen and oxygen atoms in total. The molecule has 1 aliphatic heterocycles. The molecule has 1 aliphatic carbocycles. The molecule has 2 rings (SSSR count). The monoisotopic (exact) mass is 579 g/mol. The second-order valence-electron chi connectivity index (χ2n) is 12.0. The summed E-state index contributed by atoms with van der Waals surface area (Å²) in [6.45, 7) is 13.4. The van der Waals surface area contributed by atoms with Crippen molar-refractivity contribution < 1.29 is 23.9 Å². The number of unbranched alkanes of at least 4 members (excludes halogenated alkanes) is 5. The zero-order valence-corrected chi connectivity index (χ0v) is 26.1. The number of carbonyl (C=O) groups excluding carboxylic acids is 4. The number of ketones is 3. The van der Waals surface area contributed by atoms with Crippen LogP contribution < -0.4 is 5.32 Å².